The molecule has 2 fully saturated rings. The lowest BCUT2D eigenvalue weighted by atomic mass is 10.0. The number of nitrogens with zero attached hydrogens (tertiary/aromatic N) is 4. The van der Waals surface area contributed by atoms with Gasteiger partial charge in [0.1, 0.15) is 0 Å². The van der Waals surface area contributed by atoms with Gasteiger partial charge < -0.3 is 4.74 Å². The lowest BCUT2D eigenvalue weighted by Gasteiger charge is -2.34. The van der Waals surface area contributed by atoms with Gasteiger partial charge in [-0.3, -0.25) is 14.5 Å². The Morgan fingerprint density at radius 3 is 2.64 bits per heavy atom. The molecule has 0 aromatic carbocycles. The topological polar surface area (TPSA) is 33.5 Å². The van der Waals surface area contributed by atoms with Gasteiger partial charge in [0.25, 0.3) is 0 Å². The Labute approximate surface area is 134 Å². The van der Waals surface area contributed by atoms with Crippen LogP contribution >= 0.6 is 0 Å². The Bertz CT molecular complexity index is 493. The van der Waals surface area contributed by atoms with Crippen molar-refractivity contribution in [3.63, 3.8) is 0 Å². The van der Waals surface area contributed by atoms with Crippen LogP contribution in [0.2, 0.25) is 0 Å². The zero-order valence-electron chi connectivity index (χ0n) is 14.5. The third-order valence-electron chi connectivity index (χ3n) is 5.10. The van der Waals surface area contributed by atoms with E-state index in [1.54, 1.807) is 0 Å². The summed E-state index contributed by atoms with van der Waals surface area (Å²) in [6.07, 6.45) is 2.23. The summed E-state index contributed by atoms with van der Waals surface area (Å²) in [6, 6.07) is 1.12. The first-order valence-corrected chi connectivity index (χ1v) is 8.63. The first-order chi connectivity index (χ1) is 10.5. The smallest absolute Gasteiger partial charge is 0.0638 e. The largest absolute Gasteiger partial charge is 0.379 e. The summed E-state index contributed by atoms with van der Waals surface area (Å²) in [5.41, 5.74) is 2.56. The van der Waals surface area contributed by atoms with Crippen LogP contribution in [-0.4, -0.2) is 65.0 Å². The van der Waals surface area contributed by atoms with Gasteiger partial charge in [-0.1, -0.05) is 6.92 Å². The minimum absolute atomic E-state index is 0.436. The monoisotopic (exact) mass is 306 g/mol. The maximum atomic E-state index is 5.49. The molecule has 124 valence electrons. The quantitative estimate of drug-likeness (QED) is 0.851. The zero-order chi connectivity index (χ0) is 15.7. The fourth-order valence-electron chi connectivity index (χ4n) is 3.74. The number of rotatable bonds is 4. The van der Waals surface area contributed by atoms with Crippen LogP contribution in [0.25, 0.3) is 0 Å². The van der Waals surface area contributed by atoms with Crippen molar-refractivity contribution in [2.45, 2.75) is 46.3 Å². The molecule has 5 nitrogen and oxygen atoms in total. The average Bonchev–Trinajstić information content (AvgIpc) is 3.04. The minimum atomic E-state index is 0.436. The van der Waals surface area contributed by atoms with Gasteiger partial charge in [0, 0.05) is 56.6 Å². The number of hydrogen-bond acceptors (Lipinski definition) is 4. The van der Waals surface area contributed by atoms with E-state index in [0.717, 1.165) is 38.8 Å². The van der Waals surface area contributed by atoms with Gasteiger partial charge in [0.05, 0.1) is 18.9 Å². The van der Waals surface area contributed by atoms with Crippen molar-refractivity contribution in [1.29, 1.82) is 0 Å². The van der Waals surface area contributed by atoms with Gasteiger partial charge in [-0.25, -0.2) is 0 Å². The van der Waals surface area contributed by atoms with Crippen LogP contribution in [0.4, 0.5) is 0 Å². The van der Waals surface area contributed by atoms with Gasteiger partial charge in [0.15, 0.2) is 0 Å². The molecule has 0 N–H and O–H groups in total. The summed E-state index contributed by atoms with van der Waals surface area (Å²) in [6.45, 7) is 16.3. The Balaban J connectivity index is 1.62. The lowest BCUT2D eigenvalue weighted by Crippen LogP contribution is -2.46. The molecular weight excluding hydrogens is 276 g/mol. The van der Waals surface area contributed by atoms with Crippen molar-refractivity contribution in [3.05, 3.63) is 17.5 Å². The van der Waals surface area contributed by atoms with E-state index < -0.39 is 0 Å². The average molecular weight is 306 g/mol. The molecule has 2 aliphatic heterocycles. The van der Waals surface area contributed by atoms with Gasteiger partial charge in [-0.2, -0.15) is 5.10 Å². The van der Waals surface area contributed by atoms with Gasteiger partial charge in [-0.05, 0) is 26.7 Å². The number of aromatic nitrogens is 2. The molecule has 2 saturated heterocycles. The maximum absolute atomic E-state index is 5.49. The molecule has 0 unspecified atom stereocenters. The van der Waals surface area contributed by atoms with E-state index in [-0.39, 0.29) is 0 Å². The van der Waals surface area contributed by atoms with E-state index in [4.69, 9.17) is 4.74 Å². The van der Waals surface area contributed by atoms with E-state index >= 15 is 0 Å². The lowest BCUT2D eigenvalue weighted by molar-refractivity contribution is 0.0118. The first kappa shape index (κ1) is 16.0. The molecular formula is C17H30N4O. The maximum Gasteiger partial charge on any atom is 0.0638 e. The molecule has 0 spiro atoms. The highest BCUT2D eigenvalue weighted by molar-refractivity contribution is 5.16. The van der Waals surface area contributed by atoms with Crippen molar-refractivity contribution in [2.24, 2.45) is 5.92 Å². The van der Waals surface area contributed by atoms with Crippen LogP contribution in [0.15, 0.2) is 6.20 Å². The molecule has 0 saturated carbocycles. The third kappa shape index (κ3) is 3.36. The number of likely N-dealkylation sites (tertiary alicyclic amines) is 1. The van der Waals surface area contributed by atoms with Crippen molar-refractivity contribution < 1.29 is 4.74 Å². The van der Waals surface area contributed by atoms with E-state index in [1.807, 2.05) is 0 Å². The van der Waals surface area contributed by atoms with Crippen molar-refractivity contribution in [3.8, 4) is 0 Å². The highest BCUT2D eigenvalue weighted by Gasteiger charge is 2.34. The molecule has 0 bridgehead atoms. The van der Waals surface area contributed by atoms with E-state index in [2.05, 4.69) is 53.5 Å². The number of morpholine rings is 1. The highest BCUT2D eigenvalue weighted by Crippen LogP contribution is 2.25. The van der Waals surface area contributed by atoms with Crippen molar-refractivity contribution in [1.82, 2.24) is 19.6 Å². The molecule has 0 amide bonds. The summed E-state index contributed by atoms with van der Waals surface area (Å²) in [4.78, 5) is 5.22. The van der Waals surface area contributed by atoms with Crippen LogP contribution in [0.5, 0.6) is 0 Å². The molecule has 22 heavy (non-hydrogen) atoms. The first-order valence-electron chi connectivity index (χ1n) is 8.63. The molecule has 3 rings (SSSR count). The summed E-state index contributed by atoms with van der Waals surface area (Å²) in [7, 11) is 0. The van der Waals surface area contributed by atoms with Crippen LogP contribution in [0.1, 0.15) is 38.1 Å². The summed E-state index contributed by atoms with van der Waals surface area (Å²) >= 11 is 0. The minimum Gasteiger partial charge on any atom is -0.379 e. The number of ether oxygens (including phenoxy) is 1. The predicted octanol–water partition coefficient (Wildman–Crippen LogP) is 1.92. The molecule has 1 aromatic heterocycles. The fraction of sp³-hybridized carbons (Fsp3) is 0.824. The normalized spacial score (nSPS) is 27.9. The molecule has 0 radical (unpaired) electrons. The summed E-state index contributed by atoms with van der Waals surface area (Å²) < 4.78 is 7.58. The van der Waals surface area contributed by atoms with Gasteiger partial charge >= 0.3 is 0 Å². The van der Waals surface area contributed by atoms with E-state index in [9.17, 15) is 0 Å². The van der Waals surface area contributed by atoms with Crippen LogP contribution < -0.4 is 0 Å². The second-order valence-electron chi connectivity index (χ2n) is 7.20. The molecule has 2 atom stereocenters. The molecule has 0 aliphatic carbocycles. The standard InChI is InChI=1S/C17H30N4O/c1-13(2)21-11-16(15(4)18-21)10-19-9-14(3)17(12-19)20-5-7-22-8-6-20/h11,13-14,17H,5-10,12H2,1-4H3/t14-,17+/m0/s1. The van der Waals surface area contributed by atoms with Crippen LogP contribution in [0, 0.1) is 12.8 Å². The van der Waals surface area contributed by atoms with Gasteiger partial charge in [0.2, 0.25) is 0 Å². The fourth-order valence-corrected chi connectivity index (χ4v) is 3.74. The van der Waals surface area contributed by atoms with Crippen LogP contribution in [-0.2, 0) is 11.3 Å². The van der Waals surface area contributed by atoms with Crippen molar-refractivity contribution >= 4 is 0 Å². The van der Waals surface area contributed by atoms with Gasteiger partial charge in [-0.15, -0.1) is 0 Å². The molecule has 2 aliphatic rings. The SMILES string of the molecule is Cc1nn(C(C)C)cc1CN1C[C@@H](N2CCOCC2)[C@@H](C)C1. The third-order valence-corrected chi connectivity index (χ3v) is 5.10. The zero-order valence-corrected chi connectivity index (χ0v) is 14.5. The summed E-state index contributed by atoms with van der Waals surface area (Å²) in [5, 5.41) is 4.64. The highest BCUT2D eigenvalue weighted by atomic mass is 16.5. The molecule has 3 heterocycles. The van der Waals surface area contributed by atoms with E-state index in [0.29, 0.717) is 12.1 Å². The second kappa shape index (κ2) is 6.69. The Kier molecular flexibility index (Phi) is 4.85. The van der Waals surface area contributed by atoms with Crippen LogP contribution in [0.3, 0.4) is 0 Å². The van der Waals surface area contributed by atoms with E-state index in [1.165, 1.54) is 24.3 Å². The molecule has 1 aromatic rings. The Morgan fingerprint density at radius 1 is 1.27 bits per heavy atom. The van der Waals surface area contributed by atoms with Crippen molar-refractivity contribution in [2.75, 3.05) is 39.4 Å². The summed E-state index contributed by atoms with van der Waals surface area (Å²) in [5.74, 6) is 0.735. The molecule has 5 heteroatoms. The Morgan fingerprint density at radius 2 is 2.00 bits per heavy atom. The Hall–Kier alpha value is -0.910. The number of aryl methyl sites for hydroxylation is 1. The predicted molar refractivity (Wildman–Crippen MR) is 88.0 cm³/mol. The second-order valence-corrected chi connectivity index (χ2v) is 7.20. The number of hydrogen-bond donors (Lipinski definition) is 0.